The van der Waals surface area contributed by atoms with Gasteiger partial charge in [-0.05, 0) is 48.1 Å². The molecule has 0 saturated heterocycles. The lowest BCUT2D eigenvalue weighted by Crippen LogP contribution is -2.26. The highest BCUT2D eigenvalue weighted by Gasteiger charge is 2.29. The molecule has 21 heavy (non-hydrogen) atoms. The van der Waals surface area contributed by atoms with Crippen molar-refractivity contribution in [2.75, 3.05) is 6.54 Å². The van der Waals surface area contributed by atoms with Crippen molar-refractivity contribution in [3.63, 3.8) is 0 Å². The second-order valence-corrected chi connectivity index (χ2v) is 5.97. The van der Waals surface area contributed by atoms with Crippen LogP contribution in [0, 0.1) is 0 Å². The minimum atomic E-state index is 0.435. The van der Waals surface area contributed by atoms with Gasteiger partial charge in [0.25, 0.3) is 0 Å². The molecule has 1 aliphatic carbocycles. The molecule has 2 atom stereocenters. The summed E-state index contributed by atoms with van der Waals surface area (Å²) < 4.78 is 0. The maximum atomic E-state index is 3.72. The van der Waals surface area contributed by atoms with Crippen molar-refractivity contribution in [1.29, 1.82) is 0 Å². The SMILES string of the molecule is CCNC(c1ccc(CC)cc1)C1CCc2ccccc21. The number of hydrogen-bond donors (Lipinski definition) is 1. The Bertz CT molecular complexity index is 585. The zero-order chi connectivity index (χ0) is 14.7. The van der Waals surface area contributed by atoms with Crippen molar-refractivity contribution in [1.82, 2.24) is 5.32 Å². The Kier molecular flexibility index (Phi) is 4.40. The van der Waals surface area contributed by atoms with Crippen LogP contribution in [0.4, 0.5) is 0 Å². The van der Waals surface area contributed by atoms with Gasteiger partial charge in [0.1, 0.15) is 0 Å². The lowest BCUT2D eigenvalue weighted by Gasteiger charge is -2.26. The summed E-state index contributed by atoms with van der Waals surface area (Å²) in [6, 6.07) is 18.6. The topological polar surface area (TPSA) is 12.0 Å². The molecule has 0 bridgehead atoms. The van der Waals surface area contributed by atoms with Crippen LogP contribution in [0.1, 0.15) is 54.5 Å². The first-order valence-electron chi connectivity index (χ1n) is 8.23. The van der Waals surface area contributed by atoms with E-state index in [1.165, 1.54) is 29.5 Å². The summed E-state index contributed by atoms with van der Waals surface area (Å²) in [6.07, 6.45) is 3.58. The molecule has 1 aliphatic rings. The average Bonchev–Trinajstić information content (AvgIpc) is 2.97. The van der Waals surface area contributed by atoms with Gasteiger partial charge in [-0.25, -0.2) is 0 Å². The van der Waals surface area contributed by atoms with E-state index in [-0.39, 0.29) is 0 Å². The molecule has 0 aromatic heterocycles. The smallest absolute Gasteiger partial charge is 0.0389 e. The molecule has 0 radical (unpaired) electrons. The molecule has 0 aliphatic heterocycles. The van der Waals surface area contributed by atoms with Crippen LogP contribution in [0.3, 0.4) is 0 Å². The van der Waals surface area contributed by atoms with E-state index in [9.17, 15) is 0 Å². The van der Waals surface area contributed by atoms with Gasteiger partial charge < -0.3 is 5.32 Å². The highest BCUT2D eigenvalue weighted by Crippen LogP contribution is 2.41. The molecular formula is C20H25N. The Hall–Kier alpha value is -1.60. The van der Waals surface area contributed by atoms with Crippen molar-refractivity contribution in [3.8, 4) is 0 Å². The second kappa shape index (κ2) is 6.44. The van der Waals surface area contributed by atoms with Crippen molar-refractivity contribution in [2.24, 2.45) is 0 Å². The first-order valence-corrected chi connectivity index (χ1v) is 8.23. The fourth-order valence-electron chi connectivity index (χ4n) is 3.61. The first kappa shape index (κ1) is 14.3. The van der Waals surface area contributed by atoms with Gasteiger partial charge in [-0.2, -0.15) is 0 Å². The monoisotopic (exact) mass is 279 g/mol. The van der Waals surface area contributed by atoms with E-state index >= 15 is 0 Å². The Labute approximate surface area is 128 Å². The summed E-state index contributed by atoms with van der Waals surface area (Å²) in [5.74, 6) is 0.605. The molecule has 1 N–H and O–H groups in total. The van der Waals surface area contributed by atoms with Crippen molar-refractivity contribution in [3.05, 3.63) is 70.8 Å². The summed E-state index contributed by atoms with van der Waals surface area (Å²) in [7, 11) is 0. The largest absolute Gasteiger partial charge is 0.310 e. The minimum Gasteiger partial charge on any atom is -0.310 e. The van der Waals surface area contributed by atoms with Gasteiger partial charge in [-0.15, -0.1) is 0 Å². The molecule has 110 valence electrons. The summed E-state index contributed by atoms with van der Waals surface area (Å²) in [5, 5.41) is 3.72. The number of likely N-dealkylation sites (N-methyl/N-ethyl adjacent to an activating group) is 1. The van der Waals surface area contributed by atoms with Crippen LogP contribution in [0.5, 0.6) is 0 Å². The molecule has 2 unspecified atom stereocenters. The molecule has 3 rings (SSSR count). The fourth-order valence-corrected chi connectivity index (χ4v) is 3.61. The third-order valence-corrected chi connectivity index (χ3v) is 4.75. The van der Waals surface area contributed by atoms with E-state index in [0.29, 0.717) is 12.0 Å². The van der Waals surface area contributed by atoms with Crippen LogP contribution in [0.2, 0.25) is 0 Å². The van der Waals surface area contributed by atoms with E-state index in [1.54, 1.807) is 5.56 Å². The zero-order valence-corrected chi connectivity index (χ0v) is 13.1. The number of rotatable bonds is 5. The maximum absolute atomic E-state index is 3.72. The normalized spacial score (nSPS) is 18.5. The van der Waals surface area contributed by atoms with Gasteiger partial charge in [0.05, 0.1) is 0 Å². The van der Waals surface area contributed by atoms with Gasteiger partial charge in [-0.3, -0.25) is 0 Å². The molecule has 1 nitrogen and oxygen atoms in total. The molecule has 0 saturated carbocycles. The van der Waals surface area contributed by atoms with E-state index < -0.39 is 0 Å². The molecule has 0 amide bonds. The van der Waals surface area contributed by atoms with Crippen molar-refractivity contribution >= 4 is 0 Å². The third kappa shape index (κ3) is 2.89. The predicted molar refractivity (Wildman–Crippen MR) is 89.7 cm³/mol. The van der Waals surface area contributed by atoms with Gasteiger partial charge in [0.2, 0.25) is 0 Å². The van der Waals surface area contributed by atoms with Crippen molar-refractivity contribution in [2.45, 2.75) is 45.1 Å². The average molecular weight is 279 g/mol. The third-order valence-electron chi connectivity index (χ3n) is 4.75. The lowest BCUT2D eigenvalue weighted by molar-refractivity contribution is 0.453. The number of aryl methyl sites for hydroxylation is 2. The molecule has 2 aromatic rings. The quantitative estimate of drug-likeness (QED) is 0.841. The van der Waals surface area contributed by atoms with Gasteiger partial charge in [-0.1, -0.05) is 62.4 Å². The van der Waals surface area contributed by atoms with Gasteiger partial charge in [0, 0.05) is 12.0 Å². The summed E-state index contributed by atoms with van der Waals surface area (Å²) in [4.78, 5) is 0. The Balaban J connectivity index is 1.91. The van der Waals surface area contributed by atoms with Gasteiger partial charge >= 0.3 is 0 Å². The Morgan fingerprint density at radius 3 is 2.52 bits per heavy atom. The van der Waals surface area contributed by atoms with E-state index in [0.717, 1.165) is 13.0 Å². The van der Waals surface area contributed by atoms with Crippen LogP contribution < -0.4 is 5.32 Å². The van der Waals surface area contributed by atoms with Crippen LogP contribution in [-0.2, 0) is 12.8 Å². The van der Waals surface area contributed by atoms with Crippen LogP contribution in [0.15, 0.2) is 48.5 Å². The summed E-state index contributed by atoms with van der Waals surface area (Å²) in [5.41, 5.74) is 5.93. The highest BCUT2D eigenvalue weighted by atomic mass is 14.9. The maximum Gasteiger partial charge on any atom is 0.0389 e. The van der Waals surface area contributed by atoms with Crippen LogP contribution in [0.25, 0.3) is 0 Å². The van der Waals surface area contributed by atoms with E-state index in [2.05, 4.69) is 67.7 Å². The Morgan fingerprint density at radius 1 is 1.05 bits per heavy atom. The zero-order valence-electron chi connectivity index (χ0n) is 13.1. The lowest BCUT2D eigenvalue weighted by atomic mass is 9.87. The summed E-state index contributed by atoms with van der Waals surface area (Å²) in [6.45, 7) is 5.43. The molecule has 0 heterocycles. The van der Waals surface area contributed by atoms with E-state index in [1.807, 2.05) is 0 Å². The Morgan fingerprint density at radius 2 is 1.81 bits per heavy atom. The number of benzene rings is 2. The second-order valence-electron chi connectivity index (χ2n) is 5.97. The standard InChI is InChI=1S/C20H25N/c1-3-15-9-11-17(12-10-15)20(21-4-2)19-14-13-16-7-5-6-8-18(16)19/h5-12,19-21H,3-4,13-14H2,1-2H3. The molecule has 0 fully saturated rings. The number of nitrogens with one attached hydrogen (secondary N) is 1. The van der Waals surface area contributed by atoms with Crippen molar-refractivity contribution < 1.29 is 0 Å². The fraction of sp³-hybridized carbons (Fsp3) is 0.400. The predicted octanol–water partition coefficient (Wildman–Crippen LogP) is 4.63. The molecule has 2 aromatic carbocycles. The highest BCUT2D eigenvalue weighted by molar-refractivity contribution is 5.38. The molecule has 1 heteroatoms. The molecular weight excluding hydrogens is 254 g/mol. The number of fused-ring (bicyclic) bond motifs is 1. The van der Waals surface area contributed by atoms with Crippen LogP contribution >= 0.6 is 0 Å². The van der Waals surface area contributed by atoms with E-state index in [4.69, 9.17) is 0 Å². The molecule has 0 spiro atoms. The summed E-state index contributed by atoms with van der Waals surface area (Å²) >= 11 is 0. The number of hydrogen-bond acceptors (Lipinski definition) is 1. The first-order chi connectivity index (χ1) is 10.3. The van der Waals surface area contributed by atoms with Crippen LogP contribution in [-0.4, -0.2) is 6.54 Å². The van der Waals surface area contributed by atoms with Gasteiger partial charge in [0.15, 0.2) is 0 Å². The minimum absolute atomic E-state index is 0.435.